The van der Waals surface area contributed by atoms with E-state index in [1.165, 1.54) is 88.3 Å². The Morgan fingerprint density at radius 1 is 0.311 bits per heavy atom. The van der Waals surface area contributed by atoms with E-state index in [2.05, 4.69) is 157 Å². The summed E-state index contributed by atoms with van der Waals surface area (Å²) in [6.07, 6.45) is 3.69. The summed E-state index contributed by atoms with van der Waals surface area (Å²) in [7, 11) is 0. The first kappa shape index (κ1) is 24.6. The summed E-state index contributed by atoms with van der Waals surface area (Å²) in [4.78, 5) is 4.17. The predicted molar refractivity (Wildman–Crippen MR) is 186 cm³/mol. The molecule has 2 aliphatic carbocycles. The van der Waals surface area contributed by atoms with E-state index in [1.54, 1.807) is 0 Å². The highest BCUT2D eigenvalue weighted by Gasteiger charge is 2.51. The van der Waals surface area contributed by atoms with Gasteiger partial charge in [0, 0.05) is 12.4 Å². The fourth-order valence-electron chi connectivity index (χ4n) is 8.14. The summed E-state index contributed by atoms with van der Waals surface area (Å²) >= 11 is 0. The third-order valence-corrected chi connectivity index (χ3v) is 10.1. The number of rotatable bonds is 2. The highest BCUT2D eigenvalue weighted by molar-refractivity contribution is 6.03. The average Bonchev–Trinajstić information content (AvgIpc) is 3.56. The van der Waals surface area contributed by atoms with Gasteiger partial charge < -0.3 is 0 Å². The van der Waals surface area contributed by atoms with Crippen LogP contribution in [0.5, 0.6) is 0 Å². The Morgan fingerprint density at radius 2 is 0.778 bits per heavy atom. The van der Waals surface area contributed by atoms with Crippen molar-refractivity contribution in [3.63, 3.8) is 0 Å². The van der Waals surface area contributed by atoms with Crippen LogP contribution in [0.3, 0.4) is 0 Å². The van der Waals surface area contributed by atoms with Crippen molar-refractivity contribution >= 4 is 21.5 Å². The molecule has 0 amide bonds. The van der Waals surface area contributed by atoms with E-state index in [-0.39, 0.29) is 5.41 Å². The summed E-state index contributed by atoms with van der Waals surface area (Å²) in [5, 5.41) is 5.10. The molecule has 1 spiro atoms. The van der Waals surface area contributed by atoms with Gasteiger partial charge in [0.1, 0.15) is 0 Å². The molecule has 45 heavy (non-hydrogen) atoms. The molecule has 1 nitrogen and oxygen atoms in total. The molecule has 1 heteroatoms. The molecule has 0 atom stereocenters. The van der Waals surface area contributed by atoms with Crippen LogP contribution >= 0.6 is 0 Å². The molecule has 0 fully saturated rings. The van der Waals surface area contributed by atoms with E-state index in [0.29, 0.717) is 0 Å². The van der Waals surface area contributed by atoms with Crippen molar-refractivity contribution in [1.29, 1.82) is 0 Å². The maximum Gasteiger partial charge on any atom is 0.0725 e. The zero-order chi connectivity index (χ0) is 29.5. The second kappa shape index (κ2) is 9.11. The molecule has 208 valence electrons. The minimum atomic E-state index is -0.363. The standard InChI is InChI=1S/C44H27N/c1-2-8-32-26-42-38(24-31(32)7-1)39-25-34-18-17-33(29-15-13-28(14-16-29)30-19-21-45-22-20-30)23-35(34)27-43(39)44(42)40-11-5-3-9-36(40)37-10-4-6-12-41(37)44/h1-27H. The number of benzene rings is 7. The lowest BCUT2D eigenvalue weighted by molar-refractivity contribution is 0.796. The SMILES string of the molecule is c1ccc2c(c1)-c1ccccc1C21c2cc3ccccc3cc2-c2cc3ccc(-c4ccc(-c5ccncc5)cc4)cc3cc21. The smallest absolute Gasteiger partial charge is 0.0725 e. The molecule has 0 saturated heterocycles. The molecular formula is C44H27N. The number of pyridine rings is 1. The zero-order valence-electron chi connectivity index (χ0n) is 24.5. The molecule has 0 saturated carbocycles. The van der Waals surface area contributed by atoms with Gasteiger partial charge in [0.15, 0.2) is 0 Å². The fraction of sp³-hybridized carbons (Fsp3) is 0.0227. The topological polar surface area (TPSA) is 12.9 Å². The minimum absolute atomic E-state index is 0.363. The van der Waals surface area contributed by atoms with Crippen LogP contribution < -0.4 is 0 Å². The van der Waals surface area contributed by atoms with E-state index in [9.17, 15) is 0 Å². The van der Waals surface area contributed by atoms with Crippen LogP contribution in [0.25, 0.3) is 66.1 Å². The number of fused-ring (bicyclic) bond motifs is 12. The van der Waals surface area contributed by atoms with E-state index >= 15 is 0 Å². The van der Waals surface area contributed by atoms with Gasteiger partial charge in [-0.1, -0.05) is 109 Å². The average molecular weight is 570 g/mol. The molecule has 0 radical (unpaired) electrons. The molecule has 0 unspecified atom stereocenters. The van der Waals surface area contributed by atoms with Crippen molar-refractivity contribution in [1.82, 2.24) is 4.98 Å². The predicted octanol–water partition coefficient (Wildman–Crippen LogP) is 11.1. The molecule has 1 aromatic heterocycles. The lowest BCUT2D eigenvalue weighted by atomic mass is 9.70. The van der Waals surface area contributed by atoms with Crippen molar-refractivity contribution < 1.29 is 0 Å². The van der Waals surface area contributed by atoms with Gasteiger partial charge in [-0.2, -0.15) is 0 Å². The third kappa shape index (κ3) is 3.35. The molecule has 7 aromatic carbocycles. The number of nitrogens with zero attached hydrogens (tertiary/aromatic N) is 1. The van der Waals surface area contributed by atoms with E-state index < -0.39 is 0 Å². The van der Waals surface area contributed by atoms with Crippen molar-refractivity contribution in [3.8, 4) is 44.5 Å². The van der Waals surface area contributed by atoms with Crippen LogP contribution in [0.4, 0.5) is 0 Å². The van der Waals surface area contributed by atoms with Crippen LogP contribution in [0.1, 0.15) is 22.3 Å². The van der Waals surface area contributed by atoms with Gasteiger partial charge in [-0.15, -0.1) is 0 Å². The Labute approximate surface area is 262 Å². The van der Waals surface area contributed by atoms with Crippen molar-refractivity contribution in [2.75, 3.05) is 0 Å². The second-order valence-electron chi connectivity index (χ2n) is 12.4. The quantitative estimate of drug-likeness (QED) is 0.202. The van der Waals surface area contributed by atoms with Crippen LogP contribution in [0, 0.1) is 0 Å². The summed E-state index contributed by atoms with van der Waals surface area (Å²) < 4.78 is 0. The second-order valence-corrected chi connectivity index (χ2v) is 12.4. The van der Waals surface area contributed by atoms with Crippen LogP contribution in [-0.4, -0.2) is 4.98 Å². The normalized spacial score (nSPS) is 13.5. The molecular weight excluding hydrogens is 542 g/mol. The molecule has 0 bridgehead atoms. The summed E-state index contributed by atoms with van der Waals surface area (Å²) in [5.74, 6) is 0. The zero-order valence-corrected chi connectivity index (χ0v) is 24.5. The van der Waals surface area contributed by atoms with Gasteiger partial charge >= 0.3 is 0 Å². The van der Waals surface area contributed by atoms with Gasteiger partial charge in [0.05, 0.1) is 5.41 Å². The maximum absolute atomic E-state index is 4.17. The lowest BCUT2D eigenvalue weighted by Crippen LogP contribution is -2.25. The largest absolute Gasteiger partial charge is 0.265 e. The number of hydrogen-bond donors (Lipinski definition) is 0. The summed E-state index contributed by atoms with van der Waals surface area (Å²) in [6.45, 7) is 0. The van der Waals surface area contributed by atoms with Crippen LogP contribution in [0.2, 0.25) is 0 Å². The highest BCUT2D eigenvalue weighted by Crippen LogP contribution is 2.63. The molecule has 0 N–H and O–H groups in total. The number of aromatic nitrogens is 1. The summed E-state index contributed by atoms with van der Waals surface area (Å²) in [6, 6.07) is 56.6. The van der Waals surface area contributed by atoms with Gasteiger partial charge in [0.2, 0.25) is 0 Å². The first-order valence-electron chi connectivity index (χ1n) is 15.6. The van der Waals surface area contributed by atoms with E-state index in [0.717, 1.165) is 0 Å². The summed E-state index contributed by atoms with van der Waals surface area (Å²) in [5.41, 5.74) is 15.3. The van der Waals surface area contributed by atoms with Gasteiger partial charge in [-0.3, -0.25) is 4.98 Å². The lowest BCUT2D eigenvalue weighted by Gasteiger charge is -2.30. The Balaban J connectivity index is 1.23. The highest BCUT2D eigenvalue weighted by atomic mass is 14.6. The minimum Gasteiger partial charge on any atom is -0.265 e. The molecule has 8 aromatic rings. The van der Waals surface area contributed by atoms with E-state index in [4.69, 9.17) is 0 Å². The van der Waals surface area contributed by atoms with Gasteiger partial charge in [-0.05, 0) is 131 Å². The Kier molecular flexibility index (Phi) is 4.99. The Morgan fingerprint density at radius 3 is 1.42 bits per heavy atom. The van der Waals surface area contributed by atoms with Crippen LogP contribution in [-0.2, 0) is 5.41 Å². The van der Waals surface area contributed by atoms with Crippen molar-refractivity contribution in [3.05, 3.63) is 186 Å². The van der Waals surface area contributed by atoms with E-state index in [1.807, 2.05) is 12.4 Å². The Bertz CT molecular complexity index is 2420. The molecule has 1 heterocycles. The van der Waals surface area contributed by atoms with Crippen molar-refractivity contribution in [2.45, 2.75) is 5.41 Å². The number of hydrogen-bond acceptors (Lipinski definition) is 1. The van der Waals surface area contributed by atoms with Crippen molar-refractivity contribution in [2.24, 2.45) is 0 Å². The third-order valence-electron chi connectivity index (χ3n) is 10.1. The van der Waals surface area contributed by atoms with Crippen LogP contribution in [0.15, 0.2) is 164 Å². The van der Waals surface area contributed by atoms with Gasteiger partial charge in [0.25, 0.3) is 0 Å². The molecule has 10 rings (SSSR count). The Hall–Kier alpha value is -5.79. The molecule has 0 aliphatic heterocycles. The molecule has 2 aliphatic rings. The monoisotopic (exact) mass is 569 g/mol. The van der Waals surface area contributed by atoms with Gasteiger partial charge in [-0.25, -0.2) is 0 Å². The maximum atomic E-state index is 4.17. The first-order valence-corrected chi connectivity index (χ1v) is 15.6. The fourth-order valence-corrected chi connectivity index (χ4v) is 8.14. The first-order chi connectivity index (χ1) is 22.3.